The lowest BCUT2D eigenvalue weighted by Gasteiger charge is -2.08. The van der Waals surface area contributed by atoms with E-state index in [0.29, 0.717) is 23.4 Å². The second kappa shape index (κ2) is 7.47. The summed E-state index contributed by atoms with van der Waals surface area (Å²) in [6, 6.07) is 17.7. The molecule has 1 N–H and O–H groups in total. The van der Waals surface area contributed by atoms with Crippen molar-refractivity contribution < 1.29 is 9.53 Å². The summed E-state index contributed by atoms with van der Waals surface area (Å²) in [5.41, 5.74) is 2.01. The molecule has 0 bridgehead atoms. The number of rotatable bonds is 5. The van der Waals surface area contributed by atoms with Crippen molar-refractivity contribution in [2.45, 2.75) is 6.42 Å². The molecule has 0 atom stereocenters. The molecule has 0 fully saturated rings. The third-order valence-electron chi connectivity index (χ3n) is 2.85. The van der Waals surface area contributed by atoms with E-state index in [0.717, 1.165) is 5.56 Å². The van der Waals surface area contributed by atoms with E-state index < -0.39 is 0 Å². The molecule has 2 aromatic rings. The quantitative estimate of drug-likeness (QED) is 0.917. The number of benzene rings is 2. The van der Waals surface area contributed by atoms with Crippen LogP contribution < -0.4 is 10.1 Å². The molecule has 5 nitrogen and oxygen atoms in total. The molecule has 0 saturated heterocycles. The molecule has 108 valence electrons. The van der Waals surface area contributed by atoms with Crippen LogP contribution in [0.2, 0.25) is 0 Å². The zero-order valence-electron chi connectivity index (χ0n) is 11.7. The minimum Gasteiger partial charge on any atom is -0.484 e. The van der Waals surface area contributed by atoms with Crippen molar-refractivity contribution in [1.29, 1.82) is 10.5 Å². The molecule has 5 heteroatoms. The highest BCUT2D eigenvalue weighted by Crippen LogP contribution is 2.13. The number of nitrogens with one attached hydrogen (secondary N) is 1. The Kier molecular flexibility index (Phi) is 5.12. The van der Waals surface area contributed by atoms with Crippen LogP contribution in [0.25, 0.3) is 0 Å². The molecule has 1 amide bonds. The first-order chi connectivity index (χ1) is 10.7. The molecule has 0 saturated carbocycles. The van der Waals surface area contributed by atoms with Crippen molar-refractivity contribution in [1.82, 2.24) is 0 Å². The number of carbonyl (C=O) groups is 1. The lowest BCUT2D eigenvalue weighted by Crippen LogP contribution is -2.20. The second-order valence-electron chi connectivity index (χ2n) is 4.51. The van der Waals surface area contributed by atoms with E-state index in [4.69, 9.17) is 15.3 Å². The summed E-state index contributed by atoms with van der Waals surface area (Å²) in [7, 11) is 0. The van der Waals surface area contributed by atoms with Crippen LogP contribution in [0.4, 0.5) is 5.69 Å². The van der Waals surface area contributed by atoms with Crippen LogP contribution in [0.5, 0.6) is 5.75 Å². The predicted octanol–water partition coefficient (Wildman–Crippen LogP) is 2.64. The molecule has 0 aliphatic heterocycles. The zero-order valence-corrected chi connectivity index (χ0v) is 11.7. The van der Waals surface area contributed by atoms with Crippen LogP contribution in [-0.2, 0) is 11.2 Å². The van der Waals surface area contributed by atoms with Gasteiger partial charge in [-0.3, -0.25) is 4.79 Å². The predicted molar refractivity (Wildman–Crippen MR) is 81.0 cm³/mol. The van der Waals surface area contributed by atoms with E-state index in [2.05, 4.69) is 11.4 Å². The van der Waals surface area contributed by atoms with E-state index in [-0.39, 0.29) is 12.5 Å². The monoisotopic (exact) mass is 291 g/mol. The number of carbonyl (C=O) groups excluding carboxylic acids is 1. The Labute approximate surface area is 128 Å². The number of ether oxygens (including phenoxy) is 1. The maximum Gasteiger partial charge on any atom is 0.262 e. The number of nitrogens with zero attached hydrogens (tertiary/aromatic N) is 2. The van der Waals surface area contributed by atoms with Gasteiger partial charge in [0.2, 0.25) is 0 Å². The molecule has 0 unspecified atom stereocenters. The second-order valence-corrected chi connectivity index (χ2v) is 4.51. The molecule has 0 spiro atoms. The van der Waals surface area contributed by atoms with Crippen molar-refractivity contribution in [2.24, 2.45) is 0 Å². The van der Waals surface area contributed by atoms with Gasteiger partial charge in [-0.2, -0.15) is 10.5 Å². The van der Waals surface area contributed by atoms with Crippen molar-refractivity contribution >= 4 is 11.6 Å². The fraction of sp³-hybridized carbons (Fsp3) is 0.118. The normalized spacial score (nSPS) is 9.36. The summed E-state index contributed by atoms with van der Waals surface area (Å²) >= 11 is 0. The Morgan fingerprint density at radius 2 is 1.91 bits per heavy atom. The number of anilines is 1. The van der Waals surface area contributed by atoms with Crippen molar-refractivity contribution in [3.8, 4) is 17.9 Å². The van der Waals surface area contributed by atoms with Crippen LogP contribution >= 0.6 is 0 Å². The molecular weight excluding hydrogens is 278 g/mol. The number of amides is 1. The lowest BCUT2D eigenvalue weighted by atomic mass is 10.1. The summed E-state index contributed by atoms with van der Waals surface area (Å²) < 4.78 is 5.34. The first-order valence-electron chi connectivity index (χ1n) is 6.60. The molecular formula is C17H13N3O2. The SMILES string of the molecule is N#CCc1ccc(NC(=O)COc2cccc(C#N)c2)cc1. The Hall–Kier alpha value is -3.31. The Balaban J connectivity index is 1.87. The van der Waals surface area contributed by atoms with E-state index in [9.17, 15) is 4.79 Å². The van der Waals surface area contributed by atoms with Gasteiger partial charge < -0.3 is 10.1 Å². The Morgan fingerprint density at radius 3 is 2.59 bits per heavy atom. The Bertz CT molecular complexity index is 740. The van der Waals surface area contributed by atoms with Gasteiger partial charge in [0.05, 0.1) is 24.1 Å². The molecule has 2 rings (SSSR count). The van der Waals surface area contributed by atoms with Gasteiger partial charge in [0.15, 0.2) is 6.61 Å². The average Bonchev–Trinajstić information content (AvgIpc) is 2.55. The molecule has 0 aliphatic rings. The van der Waals surface area contributed by atoms with Crippen molar-refractivity contribution in [3.63, 3.8) is 0 Å². The number of hydrogen-bond acceptors (Lipinski definition) is 4. The summed E-state index contributed by atoms with van der Waals surface area (Å²) in [5, 5.41) is 20.1. The van der Waals surface area contributed by atoms with Gasteiger partial charge in [-0.15, -0.1) is 0 Å². The molecule has 0 heterocycles. The summed E-state index contributed by atoms with van der Waals surface area (Å²) in [5.74, 6) is 0.175. The smallest absolute Gasteiger partial charge is 0.262 e. The van der Waals surface area contributed by atoms with Crippen LogP contribution in [0.1, 0.15) is 11.1 Å². The minimum absolute atomic E-state index is 0.144. The largest absolute Gasteiger partial charge is 0.484 e. The highest BCUT2D eigenvalue weighted by atomic mass is 16.5. The van der Waals surface area contributed by atoms with E-state index in [1.165, 1.54) is 0 Å². The Morgan fingerprint density at radius 1 is 1.14 bits per heavy atom. The van der Waals surface area contributed by atoms with E-state index >= 15 is 0 Å². The fourth-order valence-electron chi connectivity index (χ4n) is 1.80. The molecule has 22 heavy (non-hydrogen) atoms. The summed E-state index contributed by atoms with van der Waals surface area (Å²) in [4.78, 5) is 11.8. The first kappa shape index (κ1) is 15.1. The average molecular weight is 291 g/mol. The van der Waals surface area contributed by atoms with E-state index in [1.54, 1.807) is 48.5 Å². The van der Waals surface area contributed by atoms with Crippen LogP contribution in [0, 0.1) is 22.7 Å². The van der Waals surface area contributed by atoms with Gasteiger partial charge in [0, 0.05) is 5.69 Å². The van der Waals surface area contributed by atoms with Gasteiger partial charge in [0.25, 0.3) is 5.91 Å². The standard InChI is InChI=1S/C17H13N3O2/c18-9-8-13-4-6-15(7-5-13)20-17(21)12-22-16-3-1-2-14(10-16)11-19/h1-7,10H,8,12H2,(H,20,21). The van der Waals surface area contributed by atoms with Gasteiger partial charge in [-0.05, 0) is 35.9 Å². The van der Waals surface area contributed by atoms with Crippen LogP contribution in [0.3, 0.4) is 0 Å². The molecule has 0 aliphatic carbocycles. The number of nitriles is 2. The van der Waals surface area contributed by atoms with Crippen molar-refractivity contribution in [2.75, 3.05) is 11.9 Å². The third-order valence-corrected chi connectivity index (χ3v) is 2.85. The minimum atomic E-state index is -0.296. The van der Waals surface area contributed by atoms with Gasteiger partial charge in [-0.25, -0.2) is 0 Å². The maximum absolute atomic E-state index is 11.8. The maximum atomic E-state index is 11.8. The summed E-state index contributed by atoms with van der Waals surface area (Å²) in [6.07, 6.45) is 0.340. The lowest BCUT2D eigenvalue weighted by molar-refractivity contribution is -0.118. The van der Waals surface area contributed by atoms with Crippen LogP contribution in [-0.4, -0.2) is 12.5 Å². The molecule has 0 aromatic heterocycles. The first-order valence-corrected chi connectivity index (χ1v) is 6.60. The molecule has 2 aromatic carbocycles. The fourth-order valence-corrected chi connectivity index (χ4v) is 1.80. The third kappa shape index (κ3) is 4.36. The van der Waals surface area contributed by atoms with Gasteiger partial charge in [0.1, 0.15) is 5.75 Å². The highest BCUT2D eigenvalue weighted by molar-refractivity contribution is 5.91. The van der Waals surface area contributed by atoms with E-state index in [1.807, 2.05) is 6.07 Å². The van der Waals surface area contributed by atoms with Gasteiger partial charge >= 0.3 is 0 Å². The molecule has 0 radical (unpaired) electrons. The topological polar surface area (TPSA) is 85.9 Å². The highest BCUT2D eigenvalue weighted by Gasteiger charge is 2.04. The van der Waals surface area contributed by atoms with Gasteiger partial charge in [-0.1, -0.05) is 18.2 Å². The number of hydrogen-bond donors (Lipinski definition) is 1. The van der Waals surface area contributed by atoms with Crippen LogP contribution in [0.15, 0.2) is 48.5 Å². The van der Waals surface area contributed by atoms with Crippen molar-refractivity contribution in [3.05, 3.63) is 59.7 Å². The zero-order chi connectivity index (χ0) is 15.8. The summed E-state index contributed by atoms with van der Waals surface area (Å²) in [6.45, 7) is -0.144.